The second-order valence-electron chi connectivity index (χ2n) is 12.4. The van der Waals surface area contributed by atoms with Crippen molar-refractivity contribution >= 4 is 5.97 Å². The van der Waals surface area contributed by atoms with Crippen LogP contribution < -0.4 is 14.2 Å². The van der Waals surface area contributed by atoms with Crippen LogP contribution in [-0.2, 0) is 0 Å². The first kappa shape index (κ1) is 34.0. The summed E-state index contributed by atoms with van der Waals surface area (Å²) in [7, 11) is 0. The van der Waals surface area contributed by atoms with E-state index >= 15 is 0 Å². The lowest BCUT2D eigenvalue weighted by Crippen LogP contribution is -2.15. The Labute approximate surface area is 256 Å². The van der Waals surface area contributed by atoms with Crippen LogP contribution in [0.4, 0.5) is 0 Å². The molecule has 1 fully saturated rings. The Hall–Kier alpha value is -2.49. The summed E-state index contributed by atoms with van der Waals surface area (Å²) in [4.78, 5) is 12.6. The Balaban J connectivity index is 1.24. The molecule has 2 aromatic rings. The Morgan fingerprint density at radius 3 is 1.55 bits per heavy atom. The summed E-state index contributed by atoms with van der Waals surface area (Å²) >= 11 is 0. The summed E-state index contributed by atoms with van der Waals surface area (Å²) in [5.74, 6) is 3.62. The molecule has 234 valence electrons. The highest BCUT2D eigenvalue weighted by atomic mass is 16.5. The highest BCUT2D eigenvalue weighted by Crippen LogP contribution is 2.34. The highest BCUT2D eigenvalue weighted by molar-refractivity contribution is 5.91. The fourth-order valence-corrected chi connectivity index (χ4v) is 6.11. The van der Waals surface area contributed by atoms with E-state index in [9.17, 15) is 4.79 Å². The molecule has 1 aliphatic rings. The van der Waals surface area contributed by atoms with Gasteiger partial charge in [-0.05, 0) is 79.6 Å². The maximum Gasteiger partial charge on any atom is 0.343 e. The molecule has 4 nitrogen and oxygen atoms in total. The lowest BCUT2D eigenvalue weighted by atomic mass is 9.78. The molecule has 0 N–H and O–H groups in total. The van der Waals surface area contributed by atoms with Crippen molar-refractivity contribution in [2.45, 2.75) is 136 Å². The average molecular weight is 579 g/mol. The van der Waals surface area contributed by atoms with Gasteiger partial charge in [-0.3, -0.25) is 0 Å². The summed E-state index contributed by atoms with van der Waals surface area (Å²) in [6, 6.07) is 14.6. The lowest BCUT2D eigenvalue weighted by Gasteiger charge is -2.28. The van der Waals surface area contributed by atoms with Gasteiger partial charge in [-0.15, -0.1) is 0 Å². The first-order valence-corrected chi connectivity index (χ1v) is 17.4. The molecule has 3 rings (SSSR count). The number of hydrogen-bond acceptors (Lipinski definition) is 4. The summed E-state index contributed by atoms with van der Waals surface area (Å²) in [6.07, 6.45) is 25.3. The molecule has 0 atom stereocenters. The van der Waals surface area contributed by atoms with Gasteiger partial charge in [-0.25, -0.2) is 4.79 Å². The Morgan fingerprint density at radius 2 is 0.976 bits per heavy atom. The number of ether oxygens (including phenoxy) is 3. The molecule has 0 aliphatic heterocycles. The minimum absolute atomic E-state index is 0.366. The van der Waals surface area contributed by atoms with E-state index in [-0.39, 0.29) is 5.97 Å². The van der Waals surface area contributed by atoms with E-state index in [4.69, 9.17) is 14.2 Å². The summed E-state index contributed by atoms with van der Waals surface area (Å²) < 4.78 is 17.4. The van der Waals surface area contributed by atoms with Crippen LogP contribution >= 0.6 is 0 Å². The van der Waals surface area contributed by atoms with Gasteiger partial charge < -0.3 is 14.2 Å². The van der Waals surface area contributed by atoms with Crippen molar-refractivity contribution in [1.82, 2.24) is 0 Å². The van der Waals surface area contributed by atoms with Crippen molar-refractivity contribution in [1.29, 1.82) is 0 Å². The molecule has 2 aromatic carbocycles. The smallest absolute Gasteiger partial charge is 0.343 e. The first-order chi connectivity index (χ1) is 20.7. The van der Waals surface area contributed by atoms with Crippen molar-refractivity contribution in [2.75, 3.05) is 13.2 Å². The van der Waals surface area contributed by atoms with Crippen molar-refractivity contribution in [3.8, 4) is 17.2 Å². The van der Waals surface area contributed by atoms with Crippen LogP contribution in [0.1, 0.15) is 146 Å². The molecule has 1 saturated carbocycles. The quantitative estimate of drug-likeness (QED) is 0.0792. The average Bonchev–Trinajstić information content (AvgIpc) is 3.02. The molecule has 0 heterocycles. The van der Waals surface area contributed by atoms with Crippen molar-refractivity contribution < 1.29 is 19.0 Å². The van der Waals surface area contributed by atoms with Crippen LogP contribution in [0.3, 0.4) is 0 Å². The standard InChI is InChI=1S/C38H58O4/c1-3-5-7-8-9-10-11-12-14-30-40-35-24-22-34(23-25-35)38(39)42-37-28-26-36(27-29-37)41-31-15-17-33-20-18-32(19-21-33)16-13-6-4-2/h22-29,32-33H,3-21,30-31H2,1-2H3/t32-,33-. The monoisotopic (exact) mass is 578 g/mol. The van der Waals surface area contributed by atoms with Gasteiger partial charge in [-0.1, -0.05) is 117 Å². The van der Waals surface area contributed by atoms with E-state index in [0.717, 1.165) is 42.8 Å². The van der Waals surface area contributed by atoms with Gasteiger partial charge >= 0.3 is 5.97 Å². The zero-order valence-electron chi connectivity index (χ0n) is 26.8. The van der Waals surface area contributed by atoms with Gasteiger partial charge in [0.25, 0.3) is 0 Å². The van der Waals surface area contributed by atoms with Crippen LogP contribution in [0.2, 0.25) is 0 Å². The molecule has 0 amide bonds. The molecular weight excluding hydrogens is 520 g/mol. The predicted molar refractivity (Wildman–Crippen MR) is 175 cm³/mol. The third-order valence-electron chi connectivity index (χ3n) is 8.85. The van der Waals surface area contributed by atoms with E-state index < -0.39 is 0 Å². The Kier molecular flexibility index (Phi) is 17.2. The van der Waals surface area contributed by atoms with Crippen LogP contribution in [-0.4, -0.2) is 19.2 Å². The summed E-state index contributed by atoms with van der Waals surface area (Å²) in [5.41, 5.74) is 0.515. The van der Waals surface area contributed by atoms with Gasteiger partial charge in [-0.2, -0.15) is 0 Å². The van der Waals surface area contributed by atoms with Gasteiger partial charge in [0.1, 0.15) is 17.2 Å². The number of unbranched alkanes of at least 4 members (excludes halogenated alkanes) is 10. The largest absolute Gasteiger partial charge is 0.494 e. The van der Waals surface area contributed by atoms with Gasteiger partial charge in [0.05, 0.1) is 18.8 Å². The molecule has 0 spiro atoms. The van der Waals surface area contributed by atoms with Gasteiger partial charge in [0.2, 0.25) is 0 Å². The maximum absolute atomic E-state index is 12.6. The van der Waals surface area contributed by atoms with E-state index in [1.807, 2.05) is 24.3 Å². The second kappa shape index (κ2) is 21.2. The van der Waals surface area contributed by atoms with Crippen LogP contribution in [0.15, 0.2) is 48.5 Å². The van der Waals surface area contributed by atoms with E-state index in [0.29, 0.717) is 17.9 Å². The molecule has 0 aromatic heterocycles. The van der Waals surface area contributed by atoms with Crippen molar-refractivity contribution in [3.63, 3.8) is 0 Å². The van der Waals surface area contributed by atoms with Crippen LogP contribution in [0.5, 0.6) is 17.2 Å². The molecule has 0 bridgehead atoms. The number of carbonyl (C=O) groups excluding carboxylic acids is 1. The zero-order valence-corrected chi connectivity index (χ0v) is 26.8. The lowest BCUT2D eigenvalue weighted by molar-refractivity contribution is 0.0734. The summed E-state index contributed by atoms with van der Waals surface area (Å²) in [6.45, 7) is 6.01. The normalized spacial score (nSPS) is 16.7. The fraction of sp³-hybridized carbons (Fsp3) is 0.658. The molecule has 0 radical (unpaired) electrons. The third kappa shape index (κ3) is 14.1. The second-order valence-corrected chi connectivity index (χ2v) is 12.4. The molecule has 0 saturated heterocycles. The molecule has 42 heavy (non-hydrogen) atoms. The molecule has 4 heteroatoms. The topological polar surface area (TPSA) is 44.8 Å². The Morgan fingerprint density at radius 1 is 0.548 bits per heavy atom. The first-order valence-electron chi connectivity index (χ1n) is 17.4. The number of hydrogen-bond donors (Lipinski definition) is 0. The summed E-state index contributed by atoms with van der Waals surface area (Å²) in [5, 5.41) is 0. The van der Waals surface area contributed by atoms with Crippen LogP contribution in [0, 0.1) is 11.8 Å². The number of carbonyl (C=O) groups is 1. The number of esters is 1. The van der Waals surface area contributed by atoms with E-state index in [1.165, 1.54) is 109 Å². The van der Waals surface area contributed by atoms with Gasteiger partial charge in [0, 0.05) is 0 Å². The van der Waals surface area contributed by atoms with E-state index in [2.05, 4.69) is 13.8 Å². The minimum Gasteiger partial charge on any atom is -0.494 e. The zero-order chi connectivity index (χ0) is 29.7. The predicted octanol–water partition coefficient (Wildman–Crippen LogP) is 11.4. The Bertz CT molecular complexity index is 944. The minimum atomic E-state index is -0.366. The number of rotatable bonds is 22. The third-order valence-corrected chi connectivity index (χ3v) is 8.85. The van der Waals surface area contributed by atoms with Gasteiger partial charge in [0.15, 0.2) is 0 Å². The van der Waals surface area contributed by atoms with Crippen molar-refractivity contribution in [3.05, 3.63) is 54.1 Å². The highest BCUT2D eigenvalue weighted by Gasteiger charge is 2.20. The fourth-order valence-electron chi connectivity index (χ4n) is 6.11. The number of benzene rings is 2. The molecule has 1 aliphatic carbocycles. The molecular formula is C38H58O4. The van der Waals surface area contributed by atoms with E-state index in [1.54, 1.807) is 24.3 Å². The SMILES string of the molecule is CCCCCCCCCCCOc1ccc(C(=O)Oc2ccc(OCCC[C@H]3CC[C@H](CCCCC)CC3)cc2)cc1. The molecule has 0 unspecified atom stereocenters. The van der Waals surface area contributed by atoms with Crippen molar-refractivity contribution in [2.24, 2.45) is 11.8 Å². The van der Waals surface area contributed by atoms with Crippen LogP contribution in [0.25, 0.3) is 0 Å². The maximum atomic E-state index is 12.6.